The summed E-state index contributed by atoms with van der Waals surface area (Å²) in [6.07, 6.45) is 1.69. The number of hydrogen-bond acceptors (Lipinski definition) is 5. The molecule has 0 spiro atoms. The minimum atomic E-state index is -0.578. The van der Waals surface area contributed by atoms with Gasteiger partial charge in [0.15, 0.2) is 15.8 Å². The fourth-order valence-electron chi connectivity index (χ4n) is 3.19. The number of benzene rings is 3. The van der Waals surface area contributed by atoms with E-state index in [1.165, 1.54) is 36.3 Å². The molecule has 0 atom stereocenters. The van der Waals surface area contributed by atoms with Crippen molar-refractivity contribution < 1.29 is 23.0 Å². The summed E-state index contributed by atoms with van der Waals surface area (Å²) in [6, 6.07) is 13.9. The number of rotatable bonds is 6. The maximum Gasteiger partial charge on any atom is 0.270 e. The number of anilines is 1. The molecule has 4 nitrogen and oxygen atoms in total. The second-order valence-corrected chi connectivity index (χ2v) is 10.3. The van der Waals surface area contributed by atoms with E-state index >= 15 is 0 Å². The van der Waals surface area contributed by atoms with E-state index in [1.807, 2.05) is 6.07 Å². The SMILES string of the molecule is COc1cc(/C=C2/SC(=S)N(c3ccc(F)c(Cl)c3)C2=O)cc(I)c1OCc1ccccc1F. The lowest BCUT2D eigenvalue weighted by Crippen LogP contribution is -2.27. The molecule has 1 fully saturated rings. The van der Waals surface area contributed by atoms with E-state index in [0.29, 0.717) is 37.5 Å². The maximum absolute atomic E-state index is 13.9. The molecular formula is C24H15ClF2INO3S2. The summed E-state index contributed by atoms with van der Waals surface area (Å²) >= 11 is 14.5. The minimum absolute atomic E-state index is 0.0390. The van der Waals surface area contributed by atoms with Gasteiger partial charge in [0.25, 0.3) is 5.91 Å². The van der Waals surface area contributed by atoms with Gasteiger partial charge in [-0.05, 0) is 70.6 Å². The van der Waals surface area contributed by atoms with E-state index in [9.17, 15) is 13.6 Å². The third-order valence-electron chi connectivity index (χ3n) is 4.83. The van der Waals surface area contributed by atoms with Gasteiger partial charge >= 0.3 is 0 Å². The van der Waals surface area contributed by atoms with Crippen LogP contribution in [0.1, 0.15) is 11.1 Å². The van der Waals surface area contributed by atoms with Crippen LogP contribution in [0.25, 0.3) is 6.08 Å². The Morgan fingerprint density at radius 1 is 1.15 bits per heavy atom. The fraction of sp³-hybridized carbons (Fsp3) is 0.0833. The van der Waals surface area contributed by atoms with Crippen LogP contribution in [-0.4, -0.2) is 17.3 Å². The first-order valence-electron chi connectivity index (χ1n) is 9.75. The molecular weight excluding hydrogens is 615 g/mol. The number of carbonyl (C=O) groups is 1. The van der Waals surface area contributed by atoms with Gasteiger partial charge in [-0.25, -0.2) is 8.78 Å². The average Bonchev–Trinajstić information content (AvgIpc) is 3.08. The van der Waals surface area contributed by atoms with Crippen LogP contribution in [-0.2, 0) is 11.4 Å². The lowest BCUT2D eigenvalue weighted by Gasteiger charge is -2.15. The molecule has 0 aromatic heterocycles. The summed E-state index contributed by atoms with van der Waals surface area (Å²) in [6.45, 7) is 0.0390. The zero-order chi connectivity index (χ0) is 24.4. The molecule has 0 unspecified atom stereocenters. The van der Waals surface area contributed by atoms with Crippen molar-refractivity contribution in [3.8, 4) is 11.5 Å². The Kier molecular flexibility index (Phi) is 7.76. The number of nitrogens with zero attached hydrogens (tertiary/aromatic N) is 1. The van der Waals surface area contributed by atoms with E-state index in [2.05, 4.69) is 22.6 Å². The van der Waals surface area contributed by atoms with E-state index in [0.717, 1.165) is 15.3 Å². The molecule has 174 valence electrons. The Bertz CT molecular complexity index is 1340. The van der Waals surface area contributed by atoms with Crippen LogP contribution < -0.4 is 14.4 Å². The number of carbonyl (C=O) groups excluding carboxylic acids is 1. The van der Waals surface area contributed by atoms with Crippen molar-refractivity contribution in [2.24, 2.45) is 0 Å². The van der Waals surface area contributed by atoms with Crippen LogP contribution in [0.5, 0.6) is 11.5 Å². The lowest BCUT2D eigenvalue weighted by atomic mass is 10.1. The first-order valence-corrected chi connectivity index (χ1v) is 12.4. The number of methoxy groups -OCH3 is 1. The van der Waals surface area contributed by atoms with E-state index in [4.69, 9.17) is 33.3 Å². The highest BCUT2D eigenvalue weighted by Crippen LogP contribution is 2.39. The van der Waals surface area contributed by atoms with Crippen LogP contribution in [0, 0.1) is 15.2 Å². The van der Waals surface area contributed by atoms with Gasteiger partial charge in [-0.15, -0.1) is 0 Å². The second-order valence-electron chi connectivity index (χ2n) is 7.03. The van der Waals surface area contributed by atoms with Gasteiger partial charge in [0, 0.05) is 5.56 Å². The molecule has 0 bridgehead atoms. The number of thioether (sulfide) groups is 1. The summed E-state index contributed by atoms with van der Waals surface area (Å²) in [5.41, 5.74) is 1.51. The molecule has 0 N–H and O–H groups in total. The Balaban J connectivity index is 1.59. The zero-order valence-electron chi connectivity index (χ0n) is 17.5. The van der Waals surface area contributed by atoms with Crippen LogP contribution in [0.2, 0.25) is 5.02 Å². The predicted octanol–water partition coefficient (Wildman–Crippen LogP) is 7.22. The second kappa shape index (κ2) is 10.6. The Labute approximate surface area is 223 Å². The number of ether oxygens (including phenoxy) is 2. The first kappa shape index (κ1) is 24.9. The number of halogens is 4. The molecule has 0 radical (unpaired) electrons. The van der Waals surface area contributed by atoms with E-state index in [-0.39, 0.29) is 23.4 Å². The highest BCUT2D eigenvalue weighted by atomic mass is 127. The average molecular weight is 630 g/mol. The first-order chi connectivity index (χ1) is 16.3. The van der Waals surface area contributed by atoms with Crippen LogP contribution >= 0.6 is 58.2 Å². The van der Waals surface area contributed by atoms with Crippen molar-refractivity contribution in [1.82, 2.24) is 0 Å². The summed E-state index contributed by atoms with van der Waals surface area (Å²) in [5, 5.41) is -0.0965. The summed E-state index contributed by atoms with van der Waals surface area (Å²) in [7, 11) is 1.50. The molecule has 1 aliphatic heterocycles. The van der Waals surface area contributed by atoms with Crippen molar-refractivity contribution in [1.29, 1.82) is 0 Å². The molecule has 1 amide bonds. The fourth-order valence-corrected chi connectivity index (χ4v) is 5.45. The van der Waals surface area contributed by atoms with Crippen LogP contribution in [0.15, 0.2) is 59.5 Å². The molecule has 1 heterocycles. The van der Waals surface area contributed by atoms with Crippen LogP contribution in [0.3, 0.4) is 0 Å². The molecule has 3 aromatic carbocycles. The predicted molar refractivity (Wildman–Crippen MR) is 144 cm³/mol. The topological polar surface area (TPSA) is 38.8 Å². The van der Waals surface area contributed by atoms with Gasteiger partial charge in [-0.2, -0.15) is 0 Å². The third kappa shape index (κ3) is 5.22. The largest absolute Gasteiger partial charge is 0.493 e. The van der Waals surface area contributed by atoms with Crippen molar-refractivity contribution in [2.75, 3.05) is 12.0 Å². The highest BCUT2D eigenvalue weighted by molar-refractivity contribution is 14.1. The number of hydrogen-bond donors (Lipinski definition) is 0. The molecule has 3 aromatic rings. The van der Waals surface area contributed by atoms with Gasteiger partial charge in [0.2, 0.25) is 0 Å². The molecule has 4 rings (SSSR count). The number of amides is 1. The molecule has 1 saturated heterocycles. The number of thiocarbonyl (C=S) groups is 1. The van der Waals surface area contributed by atoms with Crippen LogP contribution in [0.4, 0.5) is 14.5 Å². The monoisotopic (exact) mass is 629 g/mol. The van der Waals surface area contributed by atoms with Gasteiger partial charge in [0.1, 0.15) is 18.2 Å². The summed E-state index contributed by atoms with van der Waals surface area (Å²) in [5.74, 6) is -0.359. The Morgan fingerprint density at radius 3 is 2.62 bits per heavy atom. The van der Waals surface area contributed by atoms with Crippen molar-refractivity contribution >= 4 is 80.2 Å². The normalized spacial score (nSPS) is 14.7. The summed E-state index contributed by atoms with van der Waals surface area (Å²) < 4.78 is 39.8. The Hall–Kier alpha value is -2.21. The lowest BCUT2D eigenvalue weighted by molar-refractivity contribution is -0.113. The van der Waals surface area contributed by atoms with Gasteiger partial charge in [0.05, 0.1) is 26.3 Å². The standard InChI is InChI=1S/C24H15ClF2INO3S2/c1-31-20-9-13(8-19(28)22(20)32-12-14-4-2-3-5-17(14)26)10-21-23(30)29(24(33)34-21)15-6-7-18(27)16(25)11-15/h2-11H,12H2,1H3/b21-10+. The Morgan fingerprint density at radius 2 is 1.91 bits per heavy atom. The van der Waals surface area contributed by atoms with Gasteiger partial charge in [-0.1, -0.05) is 53.8 Å². The zero-order valence-corrected chi connectivity index (χ0v) is 22.0. The van der Waals surface area contributed by atoms with Gasteiger partial charge in [-0.3, -0.25) is 9.69 Å². The molecule has 0 saturated carbocycles. The third-order valence-corrected chi connectivity index (χ3v) is 7.23. The molecule has 34 heavy (non-hydrogen) atoms. The molecule has 10 heteroatoms. The molecule has 1 aliphatic rings. The highest BCUT2D eigenvalue weighted by Gasteiger charge is 2.33. The van der Waals surface area contributed by atoms with E-state index in [1.54, 1.807) is 30.3 Å². The summed E-state index contributed by atoms with van der Waals surface area (Å²) in [4.78, 5) is 14.7. The van der Waals surface area contributed by atoms with Gasteiger partial charge < -0.3 is 9.47 Å². The molecule has 0 aliphatic carbocycles. The quantitative estimate of drug-likeness (QED) is 0.164. The van der Waals surface area contributed by atoms with Crippen molar-refractivity contribution in [3.63, 3.8) is 0 Å². The maximum atomic E-state index is 13.9. The minimum Gasteiger partial charge on any atom is -0.493 e. The van der Waals surface area contributed by atoms with Crippen molar-refractivity contribution in [3.05, 3.63) is 90.9 Å². The van der Waals surface area contributed by atoms with E-state index < -0.39 is 5.82 Å². The van der Waals surface area contributed by atoms with Crippen molar-refractivity contribution in [2.45, 2.75) is 6.61 Å². The smallest absolute Gasteiger partial charge is 0.270 e.